The summed E-state index contributed by atoms with van der Waals surface area (Å²) in [5, 5.41) is 4.87. The minimum atomic E-state index is -0.560. The van der Waals surface area contributed by atoms with Crippen LogP contribution < -0.4 is 9.80 Å². The first-order valence-corrected chi connectivity index (χ1v) is 22.5. The van der Waals surface area contributed by atoms with Gasteiger partial charge in [-0.05, 0) is 156 Å². The van der Waals surface area contributed by atoms with E-state index in [1.165, 1.54) is 77.2 Å². The maximum absolute atomic E-state index is 2.49. The van der Waals surface area contributed by atoms with E-state index in [2.05, 4.69) is 265 Å². The zero-order valence-electron chi connectivity index (χ0n) is 35.6. The highest BCUT2D eigenvalue weighted by atomic mass is 15.1. The molecule has 2 aliphatic carbocycles. The Kier molecular flexibility index (Phi) is 8.47. The number of nitrogens with zero attached hydrogens (tertiary/aromatic N) is 2. The van der Waals surface area contributed by atoms with Gasteiger partial charge in [0.05, 0.1) is 5.41 Å². The molecular weight excluding hydrogens is 785 g/mol. The molecule has 65 heavy (non-hydrogen) atoms. The fraction of sp³-hybridized carbons (Fsp3) is 0.0159. The Balaban J connectivity index is 1.02. The Labute approximate surface area is 379 Å². The van der Waals surface area contributed by atoms with Crippen LogP contribution in [0.1, 0.15) is 22.3 Å². The van der Waals surface area contributed by atoms with Crippen molar-refractivity contribution in [1.29, 1.82) is 0 Å². The van der Waals surface area contributed by atoms with Crippen molar-refractivity contribution in [3.63, 3.8) is 0 Å². The van der Waals surface area contributed by atoms with Crippen LogP contribution in [0.4, 0.5) is 34.1 Å². The van der Waals surface area contributed by atoms with E-state index in [4.69, 9.17) is 0 Å². The van der Waals surface area contributed by atoms with Crippen molar-refractivity contribution >= 4 is 55.7 Å². The lowest BCUT2D eigenvalue weighted by molar-refractivity contribution is 0.793. The van der Waals surface area contributed by atoms with Crippen LogP contribution in [0.25, 0.3) is 54.9 Å². The molecule has 0 fully saturated rings. The van der Waals surface area contributed by atoms with E-state index in [0.29, 0.717) is 0 Å². The fourth-order valence-electron chi connectivity index (χ4n) is 10.9. The first kappa shape index (κ1) is 37.1. The van der Waals surface area contributed by atoms with Crippen molar-refractivity contribution in [2.24, 2.45) is 0 Å². The summed E-state index contributed by atoms with van der Waals surface area (Å²) in [4.78, 5) is 4.85. The molecule has 0 heterocycles. The van der Waals surface area contributed by atoms with Gasteiger partial charge in [-0.3, -0.25) is 0 Å². The summed E-state index contributed by atoms with van der Waals surface area (Å²) in [5.74, 6) is 0. The molecule has 1 unspecified atom stereocenters. The largest absolute Gasteiger partial charge is 0.310 e. The van der Waals surface area contributed by atoms with Gasteiger partial charge in [0.25, 0.3) is 0 Å². The van der Waals surface area contributed by atoms with Gasteiger partial charge in [0.1, 0.15) is 0 Å². The van der Waals surface area contributed by atoms with Crippen LogP contribution in [0.2, 0.25) is 0 Å². The van der Waals surface area contributed by atoms with Crippen LogP contribution >= 0.6 is 0 Å². The van der Waals surface area contributed by atoms with Gasteiger partial charge < -0.3 is 9.80 Å². The Morgan fingerprint density at radius 3 is 1.17 bits per heavy atom. The van der Waals surface area contributed by atoms with Gasteiger partial charge in [-0.15, -0.1) is 0 Å². The lowest BCUT2D eigenvalue weighted by atomic mass is 9.70. The average molecular weight is 827 g/mol. The van der Waals surface area contributed by atoms with Gasteiger partial charge in [-0.25, -0.2) is 0 Å². The summed E-state index contributed by atoms with van der Waals surface area (Å²) < 4.78 is 0. The molecule has 2 heteroatoms. The molecule has 0 aromatic heterocycles. The van der Waals surface area contributed by atoms with E-state index in [9.17, 15) is 0 Å². The number of rotatable bonds is 7. The number of para-hydroxylation sites is 2. The van der Waals surface area contributed by atoms with Gasteiger partial charge in [0.2, 0.25) is 0 Å². The van der Waals surface area contributed by atoms with Crippen molar-refractivity contribution in [3.05, 3.63) is 277 Å². The highest BCUT2D eigenvalue weighted by Gasteiger charge is 2.52. The minimum absolute atomic E-state index is 0.560. The third kappa shape index (κ3) is 5.81. The second kappa shape index (κ2) is 14.8. The summed E-state index contributed by atoms with van der Waals surface area (Å²) >= 11 is 0. The Morgan fingerprint density at radius 2 is 0.600 bits per heavy atom. The molecule has 1 spiro atoms. The third-order valence-electron chi connectivity index (χ3n) is 13.8. The zero-order valence-corrected chi connectivity index (χ0v) is 35.6. The molecule has 0 radical (unpaired) electrons. The summed E-state index contributed by atoms with van der Waals surface area (Å²) in [7, 11) is 0. The number of benzene rings is 11. The third-order valence-corrected chi connectivity index (χ3v) is 13.8. The Morgan fingerprint density at radius 1 is 0.215 bits per heavy atom. The van der Waals surface area contributed by atoms with Gasteiger partial charge in [-0.1, -0.05) is 176 Å². The second-order valence-electron chi connectivity index (χ2n) is 17.3. The highest BCUT2D eigenvalue weighted by Crippen LogP contribution is 2.64. The molecule has 0 N–H and O–H groups in total. The average Bonchev–Trinajstić information content (AvgIpc) is 3.84. The SMILES string of the molecule is c1ccc(-c2ccc3cc(N(c4ccccc4)c4ccc5c(c4)C4(c6ccccc6-c6ccc(N(c7ccccc7)c7ccc8ccccc8c7)cc64)c4ccccc4-5)ccc3c2)cc1. The predicted octanol–water partition coefficient (Wildman–Crippen LogP) is 16.9. The van der Waals surface area contributed by atoms with Gasteiger partial charge in [0, 0.05) is 34.1 Å². The first-order chi connectivity index (χ1) is 32.2. The van der Waals surface area contributed by atoms with Gasteiger partial charge in [-0.2, -0.15) is 0 Å². The molecule has 11 aromatic rings. The maximum atomic E-state index is 2.49. The molecule has 11 aromatic carbocycles. The van der Waals surface area contributed by atoms with E-state index in [-0.39, 0.29) is 0 Å². The molecule has 13 rings (SSSR count). The van der Waals surface area contributed by atoms with Crippen LogP contribution in [0.15, 0.2) is 255 Å². The van der Waals surface area contributed by atoms with Crippen LogP contribution in [0.5, 0.6) is 0 Å². The smallest absolute Gasteiger partial charge is 0.0727 e. The van der Waals surface area contributed by atoms with Crippen LogP contribution in [-0.2, 0) is 5.41 Å². The molecule has 0 saturated carbocycles. The molecule has 0 aliphatic heterocycles. The van der Waals surface area contributed by atoms with Crippen LogP contribution in [-0.4, -0.2) is 0 Å². The summed E-state index contributed by atoms with van der Waals surface area (Å²) in [6.07, 6.45) is 0. The van der Waals surface area contributed by atoms with Crippen molar-refractivity contribution in [2.75, 3.05) is 9.80 Å². The first-order valence-electron chi connectivity index (χ1n) is 22.5. The maximum Gasteiger partial charge on any atom is 0.0727 e. The molecular formula is C63H42N2. The summed E-state index contributed by atoms with van der Waals surface area (Å²) in [6.45, 7) is 0. The zero-order chi connectivity index (χ0) is 42.9. The van der Waals surface area contributed by atoms with Crippen LogP contribution in [0.3, 0.4) is 0 Å². The lowest BCUT2D eigenvalue weighted by Crippen LogP contribution is -2.26. The highest BCUT2D eigenvalue weighted by molar-refractivity contribution is 5.99. The molecule has 2 aliphatic rings. The molecule has 0 amide bonds. The topological polar surface area (TPSA) is 6.48 Å². The minimum Gasteiger partial charge on any atom is -0.310 e. The Hall–Kier alpha value is -8.46. The monoisotopic (exact) mass is 826 g/mol. The van der Waals surface area contributed by atoms with Gasteiger partial charge >= 0.3 is 0 Å². The second-order valence-corrected chi connectivity index (χ2v) is 17.3. The molecule has 1 atom stereocenters. The lowest BCUT2D eigenvalue weighted by Gasteiger charge is -2.33. The van der Waals surface area contributed by atoms with Crippen molar-refractivity contribution in [1.82, 2.24) is 0 Å². The predicted molar refractivity (Wildman–Crippen MR) is 273 cm³/mol. The van der Waals surface area contributed by atoms with E-state index in [1.807, 2.05) is 0 Å². The van der Waals surface area contributed by atoms with E-state index < -0.39 is 5.41 Å². The van der Waals surface area contributed by atoms with E-state index in [1.54, 1.807) is 0 Å². The molecule has 0 saturated heterocycles. The number of fused-ring (bicyclic) bond motifs is 12. The number of anilines is 6. The standard InChI is InChI=1S/C63H42N2/c1-4-16-43(17-5-1)46-28-29-48-40-52(33-31-47(48)38-46)65(50-22-8-3-9-23-50)54-35-37-58-56-25-13-15-27-60(56)63(62(58)42-54)59-26-14-12-24-55(59)57-36-34-53(41-61(57)63)64(49-20-6-2-7-21-49)51-32-30-44-18-10-11-19-45(44)39-51/h1-42H. The number of hydrogen-bond donors (Lipinski definition) is 0. The summed E-state index contributed by atoms with van der Waals surface area (Å²) in [6, 6.07) is 93.9. The van der Waals surface area contributed by atoms with Crippen molar-refractivity contribution < 1.29 is 0 Å². The van der Waals surface area contributed by atoms with Gasteiger partial charge in [0.15, 0.2) is 0 Å². The van der Waals surface area contributed by atoms with Crippen molar-refractivity contribution in [3.8, 4) is 33.4 Å². The van der Waals surface area contributed by atoms with Crippen LogP contribution in [0, 0.1) is 0 Å². The molecule has 304 valence electrons. The normalized spacial score (nSPS) is 14.2. The number of hydrogen-bond acceptors (Lipinski definition) is 2. The summed E-state index contributed by atoms with van der Waals surface area (Å²) in [5.41, 5.74) is 18.9. The quantitative estimate of drug-likeness (QED) is 0.158. The molecule has 2 nitrogen and oxygen atoms in total. The van der Waals surface area contributed by atoms with Crippen molar-refractivity contribution in [2.45, 2.75) is 5.41 Å². The Bertz CT molecular complexity index is 3600. The fourth-order valence-corrected chi connectivity index (χ4v) is 10.9. The van der Waals surface area contributed by atoms with E-state index in [0.717, 1.165) is 34.1 Å². The van der Waals surface area contributed by atoms with E-state index >= 15 is 0 Å². The molecule has 0 bridgehead atoms.